The number of benzene rings is 1. The van der Waals surface area contributed by atoms with Gasteiger partial charge in [0, 0.05) is 17.1 Å². The maximum Gasteiger partial charge on any atom is 0.256 e. The Morgan fingerprint density at radius 2 is 2.22 bits per heavy atom. The van der Waals surface area contributed by atoms with E-state index in [1.807, 2.05) is 0 Å². The lowest BCUT2D eigenvalue weighted by molar-refractivity contribution is 0.102. The summed E-state index contributed by atoms with van der Waals surface area (Å²) >= 11 is 4.69. The Labute approximate surface area is 116 Å². The zero-order valence-corrected chi connectivity index (χ0v) is 11.8. The van der Waals surface area contributed by atoms with Crippen molar-refractivity contribution >= 4 is 38.9 Å². The van der Waals surface area contributed by atoms with Crippen molar-refractivity contribution in [3.05, 3.63) is 44.8 Å². The molecule has 2 rings (SSSR count). The smallest absolute Gasteiger partial charge is 0.256 e. The molecule has 0 aliphatic rings. The van der Waals surface area contributed by atoms with Gasteiger partial charge in [0.05, 0.1) is 16.5 Å². The van der Waals surface area contributed by atoms with Gasteiger partial charge >= 0.3 is 0 Å². The molecule has 2 aromatic rings. The number of anilines is 1. The third kappa shape index (κ3) is 2.88. The minimum absolute atomic E-state index is 0.145. The van der Waals surface area contributed by atoms with Crippen LogP contribution < -0.4 is 10.1 Å². The van der Waals surface area contributed by atoms with E-state index < -0.39 is 5.82 Å². The maximum absolute atomic E-state index is 13.4. The summed E-state index contributed by atoms with van der Waals surface area (Å²) in [4.78, 5) is 11.8. The number of ether oxygens (including phenoxy) is 1. The van der Waals surface area contributed by atoms with E-state index in [9.17, 15) is 9.18 Å². The Bertz CT molecular complexity index is 585. The van der Waals surface area contributed by atoms with E-state index in [2.05, 4.69) is 21.2 Å². The number of rotatable bonds is 3. The Hall–Kier alpha value is -1.40. The number of thiophene rings is 1. The normalized spacial score (nSPS) is 10.2. The van der Waals surface area contributed by atoms with Crippen LogP contribution in [0.15, 0.2) is 33.4 Å². The van der Waals surface area contributed by atoms with E-state index in [1.54, 1.807) is 17.5 Å². The second-order valence-corrected chi connectivity index (χ2v) is 5.73. The van der Waals surface area contributed by atoms with E-state index in [0.29, 0.717) is 11.3 Å². The van der Waals surface area contributed by atoms with Gasteiger partial charge in [-0.3, -0.25) is 4.79 Å². The summed E-state index contributed by atoms with van der Waals surface area (Å²) in [5, 5.41) is 4.34. The maximum atomic E-state index is 13.4. The van der Waals surface area contributed by atoms with Gasteiger partial charge < -0.3 is 10.1 Å². The number of halogens is 2. The summed E-state index contributed by atoms with van der Waals surface area (Å²) in [5.41, 5.74) is 0.920. The third-order valence-corrected chi connectivity index (χ3v) is 3.74. The number of hydrogen-bond acceptors (Lipinski definition) is 3. The van der Waals surface area contributed by atoms with Gasteiger partial charge in [0.25, 0.3) is 5.91 Å². The number of carbonyl (C=O) groups excluding carboxylic acids is 1. The van der Waals surface area contributed by atoms with E-state index in [4.69, 9.17) is 4.74 Å². The quantitative estimate of drug-likeness (QED) is 0.927. The summed E-state index contributed by atoms with van der Waals surface area (Å²) in [6.45, 7) is 0. The van der Waals surface area contributed by atoms with Crippen LogP contribution >= 0.6 is 27.3 Å². The van der Waals surface area contributed by atoms with Crippen molar-refractivity contribution < 1.29 is 13.9 Å². The second-order valence-electron chi connectivity index (χ2n) is 3.44. The van der Waals surface area contributed by atoms with Crippen LogP contribution in [-0.4, -0.2) is 13.0 Å². The van der Waals surface area contributed by atoms with Crippen molar-refractivity contribution in [3.8, 4) is 5.75 Å². The first-order valence-corrected chi connectivity index (χ1v) is 6.66. The van der Waals surface area contributed by atoms with Crippen LogP contribution in [0.1, 0.15) is 10.4 Å². The van der Waals surface area contributed by atoms with Gasteiger partial charge in [0.1, 0.15) is 0 Å². The fourth-order valence-corrected chi connectivity index (χ4v) is 2.51. The topological polar surface area (TPSA) is 38.3 Å². The molecule has 0 aliphatic heterocycles. The number of carbonyl (C=O) groups is 1. The first-order valence-electron chi connectivity index (χ1n) is 4.99. The minimum atomic E-state index is -0.512. The average molecular weight is 330 g/mol. The summed E-state index contributed by atoms with van der Waals surface area (Å²) in [6.07, 6.45) is 0. The Morgan fingerprint density at radius 1 is 1.44 bits per heavy atom. The molecule has 1 N–H and O–H groups in total. The van der Waals surface area contributed by atoms with Crippen LogP contribution in [0.3, 0.4) is 0 Å². The Balaban J connectivity index is 2.14. The van der Waals surface area contributed by atoms with E-state index in [0.717, 1.165) is 3.79 Å². The van der Waals surface area contributed by atoms with Gasteiger partial charge in [-0.15, -0.1) is 11.3 Å². The number of hydrogen-bond donors (Lipinski definition) is 1. The highest BCUT2D eigenvalue weighted by Crippen LogP contribution is 2.23. The van der Waals surface area contributed by atoms with E-state index in [1.165, 1.54) is 30.6 Å². The monoisotopic (exact) mass is 329 g/mol. The van der Waals surface area contributed by atoms with Crippen LogP contribution in [0.4, 0.5) is 10.1 Å². The molecule has 0 fully saturated rings. The zero-order valence-electron chi connectivity index (χ0n) is 9.37. The molecule has 0 spiro atoms. The molecule has 1 aromatic heterocycles. The fourth-order valence-electron chi connectivity index (χ4n) is 1.38. The SMILES string of the molecule is COc1ccc(NC(=O)c2csc(Br)c2)cc1F. The largest absolute Gasteiger partial charge is 0.494 e. The molecular weight excluding hydrogens is 321 g/mol. The molecule has 3 nitrogen and oxygen atoms in total. The van der Waals surface area contributed by atoms with Crippen molar-refractivity contribution in [2.75, 3.05) is 12.4 Å². The Kier molecular flexibility index (Phi) is 3.98. The molecule has 18 heavy (non-hydrogen) atoms. The van der Waals surface area contributed by atoms with Gasteiger partial charge in [-0.25, -0.2) is 4.39 Å². The molecule has 6 heteroatoms. The molecule has 94 valence electrons. The van der Waals surface area contributed by atoms with Crippen molar-refractivity contribution in [3.63, 3.8) is 0 Å². The summed E-state index contributed by atoms with van der Waals surface area (Å²) in [7, 11) is 1.39. The van der Waals surface area contributed by atoms with E-state index in [-0.39, 0.29) is 11.7 Å². The van der Waals surface area contributed by atoms with Crippen molar-refractivity contribution in [1.82, 2.24) is 0 Å². The van der Waals surface area contributed by atoms with Crippen LogP contribution in [0.2, 0.25) is 0 Å². The zero-order chi connectivity index (χ0) is 13.1. The molecule has 1 amide bonds. The molecule has 0 radical (unpaired) electrons. The molecule has 0 aliphatic carbocycles. The molecule has 1 aromatic carbocycles. The lowest BCUT2D eigenvalue weighted by Crippen LogP contribution is -2.10. The van der Waals surface area contributed by atoms with Gasteiger partial charge in [-0.05, 0) is 34.1 Å². The lowest BCUT2D eigenvalue weighted by Gasteiger charge is -2.06. The van der Waals surface area contributed by atoms with Crippen LogP contribution in [-0.2, 0) is 0 Å². The van der Waals surface area contributed by atoms with Crippen molar-refractivity contribution in [1.29, 1.82) is 0 Å². The molecule has 0 unspecified atom stereocenters. The average Bonchev–Trinajstić information content (AvgIpc) is 2.76. The van der Waals surface area contributed by atoms with Crippen molar-refractivity contribution in [2.24, 2.45) is 0 Å². The van der Waals surface area contributed by atoms with Gasteiger partial charge in [0.15, 0.2) is 11.6 Å². The summed E-state index contributed by atoms with van der Waals surface area (Å²) < 4.78 is 19.1. The van der Waals surface area contributed by atoms with Crippen LogP contribution in [0, 0.1) is 5.82 Å². The molecular formula is C12H9BrFNO2S. The first kappa shape index (κ1) is 13.0. The highest BCUT2D eigenvalue weighted by atomic mass is 79.9. The Morgan fingerprint density at radius 3 is 2.78 bits per heavy atom. The lowest BCUT2D eigenvalue weighted by atomic mass is 10.2. The number of methoxy groups -OCH3 is 1. The van der Waals surface area contributed by atoms with Gasteiger partial charge in [-0.2, -0.15) is 0 Å². The van der Waals surface area contributed by atoms with Crippen molar-refractivity contribution in [2.45, 2.75) is 0 Å². The fraction of sp³-hybridized carbons (Fsp3) is 0.0833. The predicted octanol–water partition coefficient (Wildman–Crippen LogP) is 3.91. The van der Waals surface area contributed by atoms with Crippen LogP contribution in [0.25, 0.3) is 0 Å². The summed E-state index contributed by atoms with van der Waals surface area (Å²) in [6, 6.07) is 5.98. The van der Waals surface area contributed by atoms with Gasteiger partial charge in [-0.1, -0.05) is 0 Å². The molecule has 0 saturated carbocycles. The summed E-state index contributed by atoms with van der Waals surface area (Å²) in [5.74, 6) is -0.644. The predicted molar refractivity (Wildman–Crippen MR) is 72.9 cm³/mol. The molecule has 0 saturated heterocycles. The second kappa shape index (κ2) is 5.49. The van der Waals surface area contributed by atoms with E-state index >= 15 is 0 Å². The minimum Gasteiger partial charge on any atom is -0.494 e. The first-order chi connectivity index (χ1) is 8.60. The number of nitrogens with one attached hydrogen (secondary N) is 1. The molecule has 1 heterocycles. The highest BCUT2D eigenvalue weighted by Gasteiger charge is 2.10. The third-order valence-electron chi connectivity index (χ3n) is 2.24. The van der Waals surface area contributed by atoms with Gasteiger partial charge in [0.2, 0.25) is 0 Å². The number of amides is 1. The van der Waals surface area contributed by atoms with Crippen LogP contribution in [0.5, 0.6) is 5.75 Å². The molecule has 0 atom stereocenters. The molecule has 0 bridgehead atoms. The standard InChI is InChI=1S/C12H9BrFNO2S/c1-17-10-3-2-8(5-9(10)14)15-12(16)7-4-11(13)18-6-7/h2-6H,1H3,(H,15,16). The highest BCUT2D eigenvalue weighted by molar-refractivity contribution is 9.11.